The first-order valence-corrected chi connectivity index (χ1v) is 14.2. The van der Waals surface area contributed by atoms with Crippen LogP contribution in [0.5, 0.6) is 0 Å². The van der Waals surface area contributed by atoms with Crippen molar-refractivity contribution in [2.24, 2.45) is 46.3 Å². The molecule has 4 fully saturated rings. The number of nitrogens with one attached hydrogen (secondary N) is 1. The zero-order chi connectivity index (χ0) is 24.0. The fraction of sp³-hybridized carbons (Fsp3) is 0.966. The van der Waals surface area contributed by atoms with E-state index in [0.717, 1.165) is 66.4 Å². The molecule has 0 aliphatic heterocycles. The van der Waals surface area contributed by atoms with Crippen molar-refractivity contribution >= 4 is 5.91 Å². The number of quaternary nitrogens is 1. The van der Waals surface area contributed by atoms with Crippen molar-refractivity contribution in [3.05, 3.63) is 0 Å². The highest BCUT2D eigenvalue weighted by molar-refractivity contribution is 5.75. The Morgan fingerprint density at radius 3 is 2.38 bits per heavy atom. The molecule has 0 saturated heterocycles. The maximum atomic E-state index is 12.5. The van der Waals surface area contributed by atoms with Crippen LogP contribution in [0.2, 0.25) is 0 Å². The summed E-state index contributed by atoms with van der Waals surface area (Å²) in [5, 5.41) is 13.4. The van der Waals surface area contributed by atoms with Gasteiger partial charge in [0.2, 0.25) is 5.91 Å². The van der Waals surface area contributed by atoms with Crippen molar-refractivity contribution < 1.29 is 38.4 Å². The van der Waals surface area contributed by atoms with Gasteiger partial charge < -0.3 is 38.9 Å². The smallest absolute Gasteiger partial charge is 0.220 e. The summed E-state index contributed by atoms with van der Waals surface area (Å²) in [5.74, 6) is 5.06. The molecule has 4 aliphatic rings. The first-order chi connectivity index (χ1) is 15.4. The Morgan fingerprint density at radius 1 is 1.00 bits per heavy atom. The highest BCUT2D eigenvalue weighted by Crippen LogP contribution is 2.68. The lowest BCUT2D eigenvalue weighted by Crippen LogP contribution is -3.00. The number of nitrogens with zero attached hydrogens (tertiary/aromatic N) is 1. The highest BCUT2D eigenvalue weighted by Gasteiger charge is 2.60. The lowest BCUT2D eigenvalue weighted by molar-refractivity contribution is -0.869. The molecule has 0 aromatic heterocycles. The number of rotatable bonds is 7. The number of amides is 1. The number of likely N-dealkylation sites (N-methyl/N-ethyl adjacent to an activating group) is 1. The summed E-state index contributed by atoms with van der Waals surface area (Å²) in [6.07, 6.45) is 13.3. The molecular weight excluding hydrogens is 535 g/mol. The largest absolute Gasteiger partial charge is 1.00 e. The van der Waals surface area contributed by atoms with Crippen LogP contribution in [0.1, 0.15) is 91.4 Å². The van der Waals surface area contributed by atoms with E-state index in [9.17, 15) is 9.90 Å². The molecule has 4 aliphatic carbocycles. The zero-order valence-electron chi connectivity index (χ0n) is 22.9. The number of hydrogen-bond acceptors (Lipinski definition) is 2. The Hall–Kier alpha value is 0.120. The van der Waals surface area contributed by atoms with Gasteiger partial charge in [0.05, 0.1) is 40.3 Å². The van der Waals surface area contributed by atoms with Crippen LogP contribution in [0.25, 0.3) is 0 Å². The van der Waals surface area contributed by atoms with Gasteiger partial charge in [0.25, 0.3) is 0 Å². The van der Waals surface area contributed by atoms with Crippen molar-refractivity contribution in [3.63, 3.8) is 0 Å². The molecule has 4 nitrogen and oxygen atoms in total. The van der Waals surface area contributed by atoms with Crippen molar-refractivity contribution in [2.75, 3.05) is 34.2 Å². The van der Waals surface area contributed by atoms with E-state index in [2.05, 4.69) is 47.2 Å². The van der Waals surface area contributed by atoms with Gasteiger partial charge in [0.1, 0.15) is 0 Å². The molecule has 0 heterocycles. The molecule has 198 valence electrons. The van der Waals surface area contributed by atoms with E-state index < -0.39 is 0 Å². The topological polar surface area (TPSA) is 49.3 Å². The van der Waals surface area contributed by atoms with Gasteiger partial charge in [0.15, 0.2) is 0 Å². The van der Waals surface area contributed by atoms with Gasteiger partial charge in [-0.15, -0.1) is 0 Å². The molecule has 34 heavy (non-hydrogen) atoms. The van der Waals surface area contributed by atoms with Crippen LogP contribution >= 0.6 is 0 Å². The highest BCUT2D eigenvalue weighted by atomic mass is 127. The average molecular weight is 589 g/mol. The van der Waals surface area contributed by atoms with E-state index >= 15 is 0 Å². The van der Waals surface area contributed by atoms with E-state index in [1.807, 2.05) is 0 Å². The van der Waals surface area contributed by atoms with Gasteiger partial charge in [-0.05, 0) is 111 Å². The summed E-state index contributed by atoms with van der Waals surface area (Å²) in [4.78, 5) is 12.5. The molecule has 0 spiro atoms. The van der Waals surface area contributed by atoms with E-state index in [0.29, 0.717) is 23.2 Å². The number of hydrogen-bond donors (Lipinski definition) is 2. The molecular formula is C29H53IN2O2. The summed E-state index contributed by atoms with van der Waals surface area (Å²) in [6, 6.07) is 0. The van der Waals surface area contributed by atoms with Crippen LogP contribution in [0.4, 0.5) is 0 Å². The Labute approximate surface area is 227 Å². The first kappa shape index (κ1) is 28.7. The number of aliphatic hydroxyl groups excluding tert-OH is 1. The van der Waals surface area contributed by atoms with E-state index in [1.54, 1.807) is 0 Å². The lowest BCUT2D eigenvalue weighted by atomic mass is 9.44. The third kappa shape index (κ3) is 5.66. The Morgan fingerprint density at radius 2 is 1.68 bits per heavy atom. The minimum absolute atomic E-state index is 0. The molecule has 5 unspecified atom stereocenters. The normalized spacial score (nSPS) is 42.6. The monoisotopic (exact) mass is 588 g/mol. The van der Waals surface area contributed by atoms with Gasteiger partial charge in [0, 0.05) is 6.42 Å². The standard InChI is InChI=1S/C29H52N2O2.HI/c1-20(7-12-27(33)30-17-18-31(4,5)6)24-10-11-25-23-9-8-21-19-22(32)13-15-28(21,2)26(23)14-16-29(24,25)3;/h20-26,32H,7-19H2,1-6H3;1H/t20?,21?,22-,23?,24-,25?,26?,28+,29-;/m1./s1. The molecule has 0 aromatic carbocycles. The third-order valence-corrected chi connectivity index (χ3v) is 11.3. The van der Waals surface area contributed by atoms with Gasteiger partial charge in [-0.3, -0.25) is 4.79 Å². The fourth-order valence-electron chi connectivity index (χ4n) is 9.39. The second-order valence-corrected chi connectivity index (χ2v) is 14.2. The average Bonchev–Trinajstić information content (AvgIpc) is 3.09. The van der Waals surface area contributed by atoms with Gasteiger partial charge in [-0.1, -0.05) is 20.8 Å². The van der Waals surface area contributed by atoms with Crippen molar-refractivity contribution in [1.82, 2.24) is 5.32 Å². The molecule has 0 radical (unpaired) electrons. The summed E-state index contributed by atoms with van der Waals surface area (Å²) >= 11 is 0. The van der Waals surface area contributed by atoms with Gasteiger partial charge in [-0.2, -0.15) is 0 Å². The van der Waals surface area contributed by atoms with Crippen LogP contribution in [-0.2, 0) is 4.79 Å². The second-order valence-electron chi connectivity index (χ2n) is 14.2. The first-order valence-electron chi connectivity index (χ1n) is 14.2. The summed E-state index contributed by atoms with van der Waals surface area (Å²) in [7, 11) is 6.51. The molecule has 0 aromatic rings. The van der Waals surface area contributed by atoms with E-state index in [4.69, 9.17) is 0 Å². The number of carbonyl (C=O) groups excluding carboxylic acids is 1. The van der Waals surface area contributed by atoms with Crippen molar-refractivity contribution in [3.8, 4) is 0 Å². The van der Waals surface area contributed by atoms with Crippen LogP contribution in [0.3, 0.4) is 0 Å². The van der Waals surface area contributed by atoms with Crippen LogP contribution in [-0.4, -0.2) is 55.8 Å². The maximum absolute atomic E-state index is 12.5. The molecule has 4 saturated carbocycles. The van der Waals surface area contributed by atoms with Crippen molar-refractivity contribution in [2.45, 2.75) is 97.5 Å². The molecule has 1 amide bonds. The Balaban J connectivity index is 0.00000324. The Bertz CT molecular complexity index is 709. The van der Waals surface area contributed by atoms with Gasteiger partial charge >= 0.3 is 0 Å². The number of halogens is 1. The fourth-order valence-corrected chi connectivity index (χ4v) is 9.39. The third-order valence-electron chi connectivity index (χ3n) is 11.3. The van der Waals surface area contributed by atoms with Gasteiger partial charge in [-0.25, -0.2) is 0 Å². The summed E-state index contributed by atoms with van der Waals surface area (Å²) < 4.78 is 0.890. The number of fused-ring (bicyclic) bond motifs is 5. The minimum atomic E-state index is -0.0464. The quantitative estimate of drug-likeness (QED) is 0.354. The summed E-state index contributed by atoms with van der Waals surface area (Å²) in [5.41, 5.74) is 0.940. The molecule has 2 N–H and O–H groups in total. The SMILES string of the molecule is CC(CCC(=O)NCC[N+](C)(C)C)[C@H]1CCC2C3CCC4C[C@H](O)CC[C@]4(C)C3CC[C@@]21C.[I-]. The predicted molar refractivity (Wildman–Crippen MR) is 136 cm³/mol. The molecule has 4 rings (SSSR count). The second kappa shape index (κ2) is 10.8. The Kier molecular flexibility index (Phi) is 9.15. The van der Waals surface area contributed by atoms with Crippen LogP contribution in [0, 0.1) is 46.3 Å². The molecule has 0 bridgehead atoms. The van der Waals surface area contributed by atoms with E-state index in [1.165, 1.54) is 44.9 Å². The molecule has 5 heteroatoms. The maximum Gasteiger partial charge on any atom is 0.220 e. The van der Waals surface area contributed by atoms with Crippen LogP contribution < -0.4 is 29.3 Å². The predicted octanol–water partition coefficient (Wildman–Crippen LogP) is 2.25. The lowest BCUT2D eigenvalue weighted by Gasteiger charge is -2.61. The number of carbonyl (C=O) groups is 1. The zero-order valence-corrected chi connectivity index (χ0v) is 25.1. The van der Waals surface area contributed by atoms with Crippen LogP contribution in [0.15, 0.2) is 0 Å². The molecule has 9 atom stereocenters. The minimum Gasteiger partial charge on any atom is -1.00 e. The number of aliphatic hydroxyl groups is 1. The van der Waals surface area contributed by atoms with E-state index in [-0.39, 0.29) is 36.0 Å². The van der Waals surface area contributed by atoms with Crippen molar-refractivity contribution in [1.29, 1.82) is 0 Å². The summed E-state index contributed by atoms with van der Waals surface area (Å²) in [6.45, 7) is 9.41.